The normalized spacial score (nSPS) is 41.7. The van der Waals surface area contributed by atoms with Crippen molar-refractivity contribution in [3.63, 3.8) is 0 Å². The van der Waals surface area contributed by atoms with E-state index >= 15 is 0 Å². The molecule has 0 aromatic carbocycles. The second-order valence-electron chi connectivity index (χ2n) is 36.7. The molecule has 0 bridgehead atoms. The molecule has 0 aromatic heterocycles. The van der Waals surface area contributed by atoms with Crippen LogP contribution in [-0.2, 0) is 133 Å². The number of carboxylic acid groups (broad SMARTS) is 5. The lowest BCUT2D eigenvalue weighted by molar-refractivity contribution is -0.405. The second kappa shape index (κ2) is 52.3. The summed E-state index contributed by atoms with van der Waals surface area (Å²) in [6, 6.07) is -13.1. The molecule has 40 N–H and O–H groups in total. The molecule has 50 atom stereocenters. The number of amides is 6. The molecule has 9 fully saturated rings. The summed E-state index contributed by atoms with van der Waals surface area (Å²) >= 11 is 0. The third-order valence-electron chi connectivity index (χ3n) is 26.2. The Morgan fingerprint density at radius 3 is 0.872 bits per heavy atom. The fourth-order valence-electron chi connectivity index (χ4n) is 18.9. The first-order valence-corrected chi connectivity index (χ1v) is 45.9. The van der Waals surface area contributed by atoms with Gasteiger partial charge in [0.05, 0.1) is 120 Å². The molecule has 9 saturated heterocycles. The molecular formula is C81H130N6O62. The quantitative estimate of drug-likeness (QED) is 0.0269. The zero-order valence-electron chi connectivity index (χ0n) is 79.2. The van der Waals surface area contributed by atoms with Gasteiger partial charge in [0.15, 0.2) is 25.2 Å². The number of carboxylic acids is 5. The van der Waals surface area contributed by atoms with Crippen LogP contribution in [0.5, 0.6) is 0 Å². The number of ether oxygens (including phenoxy) is 17. The molecule has 68 heteroatoms. The zero-order valence-corrected chi connectivity index (χ0v) is 79.2. The number of carbonyl (C=O) groups is 11. The molecule has 9 aliphatic heterocycles. The topological polar surface area (TPSA) is 1100 Å². The highest BCUT2D eigenvalue weighted by Crippen LogP contribution is 2.47. The maximum absolute atomic E-state index is 14.6. The molecule has 6 amide bonds. The molecule has 68 nitrogen and oxygen atoms in total. The summed E-state index contributed by atoms with van der Waals surface area (Å²) in [5.41, 5.74) is 0. The van der Waals surface area contributed by atoms with Crippen LogP contribution in [0.4, 0.5) is 0 Å². The summed E-state index contributed by atoms with van der Waals surface area (Å²) in [6.45, 7) is -11.1. The number of rotatable bonds is 47. The summed E-state index contributed by atoms with van der Waals surface area (Å²) < 4.78 is 99.3. The van der Waals surface area contributed by atoms with E-state index in [0.29, 0.717) is 0 Å². The SMILES string of the molecule is CC(=O)N[C@H]1[C@H](O[C@@H]2[C@H](O[C@]3(C(=O)O)C[C@H](O)[C@@H](NC(C)=O)[C@H]([C@H](O)[C@@H](CO)O[C@]4(C(=O)O)C[C@H](O)[C@@H](NC(C)=O)[C@H]([C@H](O)[C@@H](CO)O[C@]5(C(=O)O)C[C@H](O)[C@@H](NC(C)=O)[C@H]([C@H](O)[C@H](O)CO)O5)O4)O3)[C@@H](O)[C@H](O[C@H]3[C@H](O)[C@@H](O)[C@H](O)O[C@@H]3CO)O[C@@H]2CO)O[C@H](CO)[C@H](O)[C@@H]1O[C@@H]1O[C@H](CO)[C@H](O)[C@H](O[C@]2(C(=O)O)C[C@H](O)[C@@H](NC(C)=O)[C@H]([C@H](O)[C@@H](CO)O[C@]3(C(=O)O)C[C@H](O)[C@@H](NC(=O)CO)[C@H]([C@H](O)[C@H](O)CO)O3)O2)[C@H]1O. The van der Waals surface area contributed by atoms with Gasteiger partial charge in [0.25, 0.3) is 28.9 Å². The fraction of sp³-hybridized carbons (Fsp3) is 0.864. The lowest BCUT2D eigenvalue weighted by Gasteiger charge is -2.53. The van der Waals surface area contributed by atoms with Crippen molar-refractivity contribution in [3.8, 4) is 0 Å². The van der Waals surface area contributed by atoms with Crippen molar-refractivity contribution in [2.24, 2.45) is 0 Å². The van der Waals surface area contributed by atoms with E-state index in [1.807, 2.05) is 5.32 Å². The highest BCUT2D eigenvalue weighted by Gasteiger charge is 2.69. The maximum Gasteiger partial charge on any atom is 0.364 e. The molecule has 0 spiro atoms. The molecule has 0 aromatic rings. The number of hydrogen-bond donors (Lipinski definition) is 40. The monoisotopic (exact) mass is 2180 g/mol. The maximum atomic E-state index is 14.6. The van der Waals surface area contributed by atoms with Gasteiger partial charge in [-0.1, -0.05) is 0 Å². The summed E-state index contributed by atoms with van der Waals surface area (Å²) in [6.07, 6.45) is -108. The van der Waals surface area contributed by atoms with Crippen molar-refractivity contribution < 1.29 is 307 Å². The Kier molecular flexibility index (Phi) is 43.8. The van der Waals surface area contributed by atoms with Crippen LogP contribution >= 0.6 is 0 Å². The molecule has 9 heterocycles. The van der Waals surface area contributed by atoms with Crippen LogP contribution in [0.15, 0.2) is 0 Å². The minimum Gasteiger partial charge on any atom is -0.477 e. The highest BCUT2D eigenvalue weighted by atomic mass is 16.8. The Bertz CT molecular complexity index is 4470. The molecule has 0 radical (unpaired) electrons. The Hall–Kier alpha value is -7.67. The average molecular weight is 2180 g/mol. The third kappa shape index (κ3) is 27.4. The van der Waals surface area contributed by atoms with Crippen molar-refractivity contribution in [2.45, 2.75) is 371 Å². The van der Waals surface area contributed by atoms with E-state index in [9.17, 15) is 226 Å². The Morgan fingerprint density at radius 1 is 0.289 bits per heavy atom. The minimum atomic E-state index is -3.96. The molecule has 9 aliphatic rings. The summed E-state index contributed by atoms with van der Waals surface area (Å²) in [5, 5.41) is 396. The largest absolute Gasteiger partial charge is 0.477 e. The van der Waals surface area contributed by atoms with Gasteiger partial charge in [-0.05, 0) is 0 Å². The number of aliphatic hydroxyl groups is 29. The van der Waals surface area contributed by atoms with E-state index in [1.165, 1.54) is 0 Å². The minimum absolute atomic E-state index is 0.720. The van der Waals surface area contributed by atoms with E-state index in [4.69, 9.17) is 80.5 Å². The van der Waals surface area contributed by atoms with Crippen LogP contribution in [-0.4, -0.2) is 609 Å². The first kappa shape index (κ1) is 125. The van der Waals surface area contributed by atoms with Gasteiger partial charge in [-0.3, -0.25) is 28.8 Å². The van der Waals surface area contributed by atoms with Crippen molar-refractivity contribution in [2.75, 3.05) is 66.1 Å². The molecule has 0 aliphatic carbocycles. The summed E-state index contributed by atoms with van der Waals surface area (Å²) in [4.78, 5) is 147. The van der Waals surface area contributed by atoms with Crippen molar-refractivity contribution in [1.29, 1.82) is 0 Å². The first-order chi connectivity index (χ1) is 69.7. The van der Waals surface area contributed by atoms with Gasteiger partial charge in [0.2, 0.25) is 35.4 Å². The van der Waals surface area contributed by atoms with E-state index < -0.39 is 467 Å². The Balaban J connectivity index is 1.09. The smallest absolute Gasteiger partial charge is 0.364 e. The molecule has 0 saturated carbocycles. The van der Waals surface area contributed by atoms with E-state index in [2.05, 4.69) is 26.6 Å². The van der Waals surface area contributed by atoms with Gasteiger partial charge in [-0.15, -0.1) is 0 Å². The number of hydrogen-bond acceptors (Lipinski definition) is 57. The van der Waals surface area contributed by atoms with Gasteiger partial charge >= 0.3 is 29.8 Å². The van der Waals surface area contributed by atoms with Crippen LogP contribution < -0.4 is 31.9 Å². The molecule has 149 heavy (non-hydrogen) atoms. The zero-order chi connectivity index (χ0) is 112. The predicted molar refractivity (Wildman–Crippen MR) is 454 cm³/mol. The van der Waals surface area contributed by atoms with E-state index in [-0.39, 0.29) is 0 Å². The van der Waals surface area contributed by atoms with Crippen molar-refractivity contribution in [1.82, 2.24) is 31.9 Å². The third-order valence-corrected chi connectivity index (χ3v) is 26.2. The van der Waals surface area contributed by atoms with Crippen LogP contribution in [0.25, 0.3) is 0 Å². The number of aliphatic carboxylic acids is 5. The van der Waals surface area contributed by atoms with Crippen molar-refractivity contribution >= 4 is 65.3 Å². The molecule has 856 valence electrons. The fourth-order valence-corrected chi connectivity index (χ4v) is 18.9. The van der Waals surface area contributed by atoms with Crippen LogP contribution in [0.2, 0.25) is 0 Å². The highest BCUT2D eigenvalue weighted by molar-refractivity contribution is 5.81. The van der Waals surface area contributed by atoms with Crippen LogP contribution in [0, 0.1) is 0 Å². The lowest BCUT2D eigenvalue weighted by Crippen LogP contribution is -2.73. The van der Waals surface area contributed by atoms with Gasteiger partial charge in [0.1, 0.15) is 196 Å². The van der Waals surface area contributed by atoms with E-state index in [0.717, 1.165) is 34.6 Å². The Labute approximate surface area is 838 Å². The van der Waals surface area contributed by atoms with Crippen molar-refractivity contribution in [3.05, 3.63) is 0 Å². The standard InChI is InChI=1S/C81H130N6O62/c1-21(98)82-41-26(103)6-77(72(123)124,143-61(41)47(111)31(108)11-88)140-35(15-92)51(115)63-42(83-22(2)99)27(104)7-79(145-63,74(127)128)142-37(17-94)53(117)65-44(85-24(4)101)29(106)10-81(147-65,76(131)132)149-67-57(121)71(137-58-38(18-95)133-68(122)55(119)54(58)118)136-39(19-96)59(67)138-69-46(86-25(5)102)60(49(113)33(13-90)134-69)139-70-56(120)66(50(114)34(14-91)135-70)148-80(75(129)130)9-28(105)43(84-23(3)100)64(146-80)52(116)36(16-93)141-78(73(125)126)8-30(107)45(87-40(110)20-97)62(144-78)48(112)32(109)12-89/h26-39,41-71,88-97,103-109,111-122H,6-20H2,1-5H3,(H,82,98)(H,83,99)(H,84,100)(H,85,101)(H,86,102)(H,87,110)(H,123,124)(H,125,126)(H,127,128)(H,129,130)(H,131,132)/t26-,27-,28-,29-,30-,31+,32+,33+,34+,35+,36+,37+,38+,39+,41+,42+,43+,44+,45+,46+,47+,48+,49-,50-,51+,52+,53+,54+,55+,56+,57+,58+,59-,60+,61+,62+,63+,64+,65+,66-,67+,68+,69-,70-,71-,77+,78+,79+,80-,81-/m0/s1. The predicted octanol–water partition coefficient (Wildman–Crippen LogP) is -24.8. The number of carbonyl (C=O) groups excluding carboxylic acids is 6. The van der Waals surface area contributed by atoms with Crippen LogP contribution in [0.3, 0.4) is 0 Å². The van der Waals surface area contributed by atoms with Gasteiger partial charge in [0, 0.05) is 66.7 Å². The Morgan fingerprint density at radius 2 is 0.557 bits per heavy atom. The summed E-state index contributed by atoms with van der Waals surface area (Å²) in [5.74, 6) is -37.7. The first-order valence-electron chi connectivity index (χ1n) is 45.9. The van der Waals surface area contributed by atoms with Gasteiger partial charge in [-0.2, -0.15) is 0 Å². The number of nitrogens with one attached hydrogen (secondary N) is 6. The van der Waals surface area contributed by atoms with Gasteiger partial charge < -0.3 is 286 Å². The average Bonchev–Trinajstić information content (AvgIpc) is 0.748. The second-order valence-corrected chi connectivity index (χ2v) is 36.7. The van der Waals surface area contributed by atoms with Gasteiger partial charge in [-0.25, -0.2) is 24.0 Å². The molecular weight excluding hydrogens is 2050 g/mol. The van der Waals surface area contributed by atoms with Crippen LogP contribution in [0.1, 0.15) is 66.7 Å². The molecule has 0 unspecified atom stereocenters. The molecule has 9 rings (SSSR count). The summed E-state index contributed by atoms with van der Waals surface area (Å²) in [7, 11) is 0. The number of aliphatic hydroxyl groups excluding tert-OH is 29. The van der Waals surface area contributed by atoms with E-state index in [1.54, 1.807) is 0 Å². The lowest BCUT2D eigenvalue weighted by atomic mass is 9.86.